The summed E-state index contributed by atoms with van der Waals surface area (Å²) in [6.07, 6.45) is 1.57. The molecule has 0 spiro atoms. The molecule has 2 fully saturated rings. The van der Waals surface area contributed by atoms with Gasteiger partial charge in [0.15, 0.2) is 0 Å². The number of amides is 1. The summed E-state index contributed by atoms with van der Waals surface area (Å²) in [5, 5.41) is 15.0. The van der Waals surface area contributed by atoms with Gasteiger partial charge in [0.25, 0.3) is 11.5 Å². The number of ether oxygens (including phenoxy) is 1. The lowest BCUT2D eigenvalue weighted by Crippen LogP contribution is -2.63. The second-order valence-electron chi connectivity index (χ2n) is 12.2. The summed E-state index contributed by atoms with van der Waals surface area (Å²) in [6.45, 7) is 11.9. The van der Waals surface area contributed by atoms with E-state index in [1.54, 1.807) is 13.0 Å². The zero-order chi connectivity index (χ0) is 28.8. The first-order valence-electron chi connectivity index (χ1n) is 14.3. The van der Waals surface area contributed by atoms with Gasteiger partial charge in [-0.15, -0.1) is 0 Å². The van der Waals surface area contributed by atoms with Crippen LogP contribution >= 0.6 is 0 Å². The van der Waals surface area contributed by atoms with Crippen LogP contribution in [0.3, 0.4) is 0 Å². The molecule has 5 rings (SSSR count). The molecule has 0 bridgehead atoms. The number of methoxy groups -OCH3 is 1. The Labute approximate surface area is 236 Å². The molecule has 2 aliphatic heterocycles. The molecule has 1 aromatic carbocycles. The summed E-state index contributed by atoms with van der Waals surface area (Å²) in [5.74, 6) is 0.684. The fraction of sp³-hybridized carbons (Fsp3) is 0.548. The fourth-order valence-corrected chi connectivity index (χ4v) is 7.14. The van der Waals surface area contributed by atoms with Crippen LogP contribution in [0.2, 0.25) is 0 Å². The van der Waals surface area contributed by atoms with E-state index in [1.807, 2.05) is 25.1 Å². The Bertz CT molecular complexity index is 1450. The molecule has 2 aromatic heterocycles. The topological polar surface area (TPSA) is 103 Å². The van der Waals surface area contributed by atoms with Gasteiger partial charge >= 0.3 is 0 Å². The van der Waals surface area contributed by atoms with E-state index in [2.05, 4.69) is 51.6 Å². The van der Waals surface area contributed by atoms with Gasteiger partial charge in [-0.3, -0.25) is 14.5 Å². The highest BCUT2D eigenvalue weighted by molar-refractivity contribution is 6.08. The Kier molecular flexibility index (Phi) is 7.83. The van der Waals surface area contributed by atoms with Crippen LogP contribution < -0.4 is 15.6 Å². The van der Waals surface area contributed by atoms with Crippen LogP contribution in [0.4, 0.5) is 0 Å². The van der Waals surface area contributed by atoms with Crippen LogP contribution in [0.1, 0.15) is 60.0 Å². The normalized spacial score (nSPS) is 19.8. The molecule has 2 atom stereocenters. The highest BCUT2D eigenvalue weighted by atomic mass is 16.5. The zero-order valence-corrected chi connectivity index (χ0v) is 24.6. The maximum Gasteiger partial charge on any atom is 0.256 e. The van der Waals surface area contributed by atoms with Crippen molar-refractivity contribution in [3.05, 3.63) is 63.2 Å². The minimum atomic E-state index is -0.413. The van der Waals surface area contributed by atoms with Crippen LogP contribution in [0, 0.1) is 25.2 Å². The number of aromatic amines is 1. The number of carbonyl (C=O) groups excluding carboxylic acids is 1. The zero-order valence-electron chi connectivity index (χ0n) is 24.6. The molecule has 2 saturated heterocycles. The first-order valence-corrected chi connectivity index (χ1v) is 14.3. The predicted molar refractivity (Wildman–Crippen MR) is 157 cm³/mol. The Morgan fingerprint density at radius 3 is 2.55 bits per heavy atom. The van der Waals surface area contributed by atoms with Crippen LogP contribution in [0.15, 0.2) is 35.1 Å². The van der Waals surface area contributed by atoms with E-state index in [4.69, 9.17) is 4.74 Å². The maximum absolute atomic E-state index is 13.6. The number of nitrogens with one attached hydrogen (secondary N) is 2. The molecule has 1 unspecified atom stereocenters. The van der Waals surface area contributed by atoms with Gasteiger partial charge < -0.3 is 29.6 Å². The van der Waals surface area contributed by atoms with Crippen molar-refractivity contribution in [3.63, 3.8) is 0 Å². The monoisotopic (exact) mass is 549 g/mol. The highest BCUT2D eigenvalue weighted by Crippen LogP contribution is 2.39. The number of carbonyl (C=O) groups is 1. The predicted octanol–water partition coefficient (Wildman–Crippen LogP) is 3.43. The number of benzene rings is 1. The average molecular weight is 550 g/mol. The van der Waals surface area contributed by atoms with Gasteiger partial charge in [-0.05, 0) is 58.7 Å². The Morgan fingerprint density at radius 1 is 1.23 bits per heavy atom. The number of aliphatic hydroxyl groups is 1. The van der Waals surface area contributed by atoms with Crippen LogP contribution in [0.25, 0.3) is 10.9 Å². The van der Waals surface area contributed by atoms with Crippen molar-refractivity contribution >= 4 is 16.8 Å². The molecule has 3 N–H and O–H groups in total. The number of hydrogen-bond acceptors (Lipinski definition) is 6. The summed E-state index contributed by atoms with van der Waals surface area (Å²) in [6, 6.07) is 10.00. The number of H-pyrrole nitrogens is 1. The molecular formula is C31H43N5O4. The van der Waals surface area contributed by atoms with Crippen molar-refractivity contribution in [2.75, 3.05) is 40.3 Å². The quantitative estimate of drug-likeness (QED) is 0.398. The second-order valence-corrected chi connectivity index (χ2v) is 12.2. The van der Waals surface area contributed by atoms with Crippen LogP contribution in [0.5, 0.6) is 5.75 Å². The molecule has 9 heteroatoms. The lowest BCUT2D eigenvalue weighted by molar-refractivity contribution is -0.152. The summed E-state index contributed by atoms with van der Waals surface area (Å²) in [5.41, 5.74) is 3.37. The standard InChI is InChI=1S/C31H43N5O4/c1-19-15-26(40-6)24(28(37)33-19)16-32-29(38)27-21(3)36(25-10-8-7-9-23(25)27)20(2)22-11-13-35(14-12-22)30(39)31(4)17-34(5)18-31/h7-10,15,20,22,30,39H,11-14,16-18H2,1-6H3,(H,32,38)(H,33,37)/t20-,30?/m1/s1. The number of fused-ring (bicyclic) bond motifs is 1. The molecular weight excluding hydrogens is 506 g/mol. The van der Waals surface area contributed by atoms with Gasteiger partial charge in [0.2, 0.25) is 0 Å². The summed E-state index contributed by atoms with van der Waals surface area (Å²) in [4.78, 5) is 33.4. The SMILES string of the molecule is COc1cc(C)[nH]c(=O)c1CNC(=O)c1c(C)n([C@H](C)C2CCN(C(O)C3(C)CN(C)C3)CC2)c2ccccc12. The molecule has 0 radical (unpaired) electrons. The van der Waals surface area contributed by atoms with Gasteiger partial charge in [0.1, 0.15) is 12.0 Å². The smallest absolute Gasteiger partial charge is 0.256 e. The average Bonchev–Trinajstić information content (AvgIpc) is 3.22. The fourth-order valence-electron chi connectivity index (χ4n) is 7.14. The van der Waals surface area contributed by atoms with Crippen molar-refractivity contribution in [2.45, 2.75) is 59.4 Å². The third-order valence-electron chi connectivity index (χ3n) is 9.15. The van der Waals surface area contributed by atoms with E-state index in [9.17, 15) is 14.7 Å². The minimum Gasteiger partial charge on any atom is -0.496 e. The molecule has 216 valence electrons. The van der Waals surface area contributed by atoms with Crippen molar-refractivity contribution in [3.8, 4) is 5.75 Å². The Balaban J connectivity index is 1.34. The number of pyridine rings is 1. The number of aliphatic hydroxyl groups excluding tert-OH is 1. The Hall–Kier alpha value is -3.14. The minimum absolute atomic E-state index is 0.0594. The largest absolute Gasteiger partial charge is 0.496 e. The molecule has 1 amide bonds. The molecule has 0 saturated carbocycles. The number of para-hydroxylation sites is 1. The van der Waals surface area contributed by atoms with Crippen molar-refractivity contribution < 1.29 is 14.6 Å². The molecule has 2 aliphatic rings. The van der Waals surface area contributed by atoms with E-state index >= 15 is 0 Å². The van der Waals surface area contributed by atoms with Gasteiger partial charge in [0, 0.05) is 59.9 Å². The third-order valence-corrected chi connectivity index (χ3v) is 9.15. The van der Waals surface area contributed by atoms with Crippen molar-refractivity contribution in [1.29, 1.82) is 0 Å². The third kappa shape index (κ3) is 5.06. The number of likely N-dealkylation sites (tertiary alicyclic amines) is 2. The lowest BCUT2D eigenvalue weighted by Gasteiger charge is -2.53. The number of hydrogen-bond donors (Lipinski definition) is 3. The van der Waals surface area contributed by atoms with Gasteiger partial charge in [0.05, 0.1) is 24.8 Å². The number of nitrogens with zero attached hydrogens (tertiary/aromatic N) is 3. The number of aromatic nitrogens is 2. The van der Waals surface area contributed by atoms with Crippen molar-refractivity contribution in [2.24, 2.45) is 11.3 Å². The van der Waals surface area contributed by atoms with E-state index in [0.717, 1.165) is 55.6 Å². The lowest BCUT2D eigenvalue weighted by atomic mass is 9.79. The highest BCUT2D eigenvalue weighted by Gasteiger charge is 2.46. The molecule has 3 aromatic rings. The first kappa shape index (κ1) is 28.4. The van der Waals surface area contributed by atoms with E-state index in [0.29, 0.717) is 28.5 Å². The van der Waals surface area contributed by atoms with Crippen LogP contribution in [-0.2, 0) is 6.54 Å². The summed E-state index contributed by atoms with van der Waals surface area (Å²) >= 11 is 0. The molecule has 0 aliphatic carbocycles. The summed E-state index contributed by atoms with van der Waals surface area (Å²) < 4.78 is 7.71. The molecule has 40 heavy (non-hydrogen) atoms. The van der Waals surface area contributed by atoms with Crippen LogP contribution in [-0.4, -0.2) is 76.9 Å². The number of piperidine rings is 1. The number of aryl methyl sites for hydroxylation is 1. The van der Waals surface area contributed by atoms with E-state index in [1.165, 1.54) is 7.11 Å². The van der Waals surface area contributed by atoms with Gasteiger partial charge in [-0.25, -0.2) is 0 Å². The van der Waals surface area contributed by atoms with Crippen molar-refractivity contribution in [1.82, 2.24) is 24.7 Å². The number of rotatable bonds is 8. The van der Waals surface area contributed by atoms with Gasteiger partial charge in [-0.2, -0.15) is 0 Å². The van der Waals surface area contributed by atoms with Gasteiger partial charge in [-0.1, -0.05) is 25.1 Å². The summed E-state index contributed by atoms with van der Waals surface area (Å²) in [7, 11) is 3.62. The van der Waals surface area contributed by atoms with E-state index in [-0.39, 0.29) is 29.5 Å². The van der Waals surface area contributed by atoms with E-state index < -0.39 is 6.23 Å². The second kappa shape index (κ2) is 11.0. The molecule has 9 nitrogen and oxygen atoms in total. The Morgan fingerprint density at radius 2 is 1.90 bits per heavy atom. The molecule has 4 heterocycles. The maximum atomic E-state index is 13.6. The first-order chi connectivity index (χ1) is 19.0.